The van der Waals surface area contributed by atoms with Crippen molar-refractivity contribution >= 4 is 17.2 Å². The molecule has 1 heterocycles. The SMILES string of the molecule is C[C@]1(CCCO)CCCN1c1ccc(C(=O)c2ccccc2)cc1[N+](=O)[O-]. The zero-order valence-corrected chi connectivity index (χ0v) is 15.4. The summed E-state index contributed by atoms with van der Waals surface area (Å²) in [6.45, 7) is 2.92. The number of nitro benzene ring substituents is 1. The van der Waals surface area contributed by atoms with E-state index in [1.54, 1.807) is 36.4 Å². The molecule has 1 fully saturated rings. The number of anilines is 1. The van der Waals surface area contributed by atoms with E-state index in [0.717, 1.165) is 25.8 Å². The second-order valence-electron chi connectivity index (χ2n) is 7.24. The Hall–Kier alpha value is -2.73. The van der Waals surface area contributed by atoms with Crippen molar-refractivity contribution in [2.75, 3.05) is 18.1 Å². The summed E-state index contributed by atoms with van der Waals surface area (Å²) in [7, 11) is 0. The van der Waals surface area contributed by atoms with Crippen molar-refractivity contribution < 1.29 is 14.8 Å². The number of hydrogen-bond donors (Lipinski definition) is 1. The van der Waals surface area contributed by atoms with Gasteiger partial charge in [0.15, 0.2) is 5.78 Å². The molecule has 1 atom stereocenters. The molecule has 0 amide bonds. The lowest BCUT2D eigenvalue weighted by Gasteiger charge is -2.37. The second-order valence-corrected chi connectivity index (χ2v) is 7.24. The third kappa shape index (κ3) is 3.85. The van der Waals surface area contributed by atoms with Crippen LogP contribution in [-0.4, -0.2) is 34.5 Å². The quantitative estimate of drug-likeness (QED) is 0.454. The number of nitro groups is 1. The minimum Gasteiger partial charge on any atom is -0.396 e. The van der Waals surface area contributed by atoms with Gasteiger partial charge in [0.2, 0.25) is 0 Å². The van der Waals surface area contributed by atoms with Crippen molar-refractivity contribution in [3.8, 4) is 0 Å². The van der Waals surface area contributed by atoms with E-state index in [1.807, 2.05) is 6.07 Å². The summed E-state index contributed by atoms with van der Waals surface area (Å²) >= 11 is 0. The van der Waals surface area contributed by atoms with Gasteiger partial charge in [-0.25, -0.2) is 0 Å². The number of aliphatic hydroxyl groups is 1. The third-order valence-electron chi connectivity index (χ3n) is 5.38. The first kappa shape index (κ1) is 19.0. The van der Waals surface area contributed by atoms with Gasteiger partial charge in [-0.2, -0.15) is 0 Å². The topological polar surface area (TPSA) is 83.7 Å². The predicted molar refractivity (Wildman–Crippen MR) is 104 cm³/mol. The van der Waals surface area contributed by atoms with Gasteiger partial charge >= 0.3 is 0 Å². The Labute approximate surface area is 158 Å². The Morgan fingerprint density at radius 1 is 1.22 bits per heavy atom. The molecule has 6 heteroatoms. The maximum absolute atomic E-state index is 12.7. The highest BCUT2D eigenvalue weighted by molar-refractivity contribution is 6.09. The summed E-state index contributed by atoms with van der Waals surface area (Å²) in [6.07, 6.45) is 3.30. The molecule has 2 aromatic carbocycles. The molecule has 0 unspecified atom stereocenters. The van der Waals surface area contributed by atoms with Crippen LogP contribution in [0.2, 0.25) is 0 Å². The van der Waals surface area contributed by atoms with E-state index in [1.165, 1.54) is 6.07 Å². The molecule has 3 rings (SSSR count). The predicted octanol–water partition coefficient (Wildman–Crippen LogP) is 3.96. The summed E-state index contributed by atoms with van der Waals surface area (Å²) in [4.78, 5) is 26.1. The number of aliphatic hydroxyl groups excluding tert-OH is 1. The molecule has 142 valence electrons. The molecule has 27 heavy (non-hydrogen) atoms. The number of rotatable bonds is 7. The van der Waals surface area contributed by atoms with Crippen molar-refractivity contribution in [1.29, 1.82) is 0 Å². The van der Waals surface area contributed by atoms with Crippen LogP contribution in [0.15, 0.2) is 48.5 Å². The van der Waals surface area contributed by atoms with Crippen LogP contribution in [0.5, 0.6) is 0 Å². The number of nitrogens with zero attached hydrogens (tertiary/aromatic N) is 2. The molecular formula is C21H24N2O4. The smallest absolute Gasteiger partial charge is 0.293 e. The summed E-state index contributed by atoms with van der Waals surface area (Å²) in [5.74, 6) is -0.227. The van der Waals surface area contributed by atoms with Crippen molar-refractivity contribution in [3.63, 3.8) is 0 Å². The number of carbonyl (C=O) groups is 1. The first-order valence-electron chi connectivity index (χ1n) is 9.23. The Kier molecular flexibility index (Phi) is 5.56. The van der Waals surface area contributed by atoms with Gasteiger partial charge in [0.1, 0.15) is 5.69 Å². The van der Waals surface area contributed by atoms with Gasteiger partial charge in [-0.1, -0.05) is 30.3 Å². The summed E-state index contributed by atoms with van der Waals surface area (Å²) in [5.41, 5.74) is 1.09. The van der Waals surface area contributed by atoms with Crippen LogP contribution >= 0.6 is 0 Å². The zero-order chi connectivity index (χ0) is 19.4. The number of ketones is 1. The maximum atomic E-state index is 12.7. The van der Waals surface area contributed by atoms with E-state index in [2.05, 4.69) is 11.8 Å². The largest absolute Gasteiger partial charge is 0.396 e. The average molecular weight is 368 g/mol. The van der Waals surface area contributed by atoms with Gasteiger partial charge < -0.3 is 10.0 Å². The van der Waals surface area contributed by atoms with Crippen molar-refractivity contribution in [1.82, 2.24) is 0 Å². The molecule has 1 aliphatic rings. The summed E-state index contributed by atoms with van der Waals surface area (Å²) in [6, 6.07) is 13.5. The molecule has 1 N–H and O–H groups in total. The Morgan fingerprint density at radius 2 is 1.96 bits per heavy atom. The molecule has 0 aromatic heterocycles. The lowest BCUT2D eigenvalue weighted by Crippen LogP contribution is -2.41. The lowest BCUT2D eigenvalue weighted by molar-refractivity contribution is -0.384. The molecule has 0 spiro atoms. The van der Waals surface area contributed by atoms with E-state index < -0.39 is 4.92 Å². The van der Waals surface area contributed by atoms with Gasteiger partial charge in [-0.3, -0.25) is 14.9 Å². The van der Waals surface area contributed by atoms with Crippen LogP contribution in [-0.2, 0) is 0 Å². The highest BCUT2D eigenvalue weighted by atomic mass is 16.6. The van der Waals surface area contributed by atoms with Gasteiger partial charge in [-0.05, 0) is 44.7 Å². The fraction of sp³-hybridized carbons (Fsp3) is 0.381. The molecule has 1 aliphatic heterocycles. The van der Waals surface area contributed by atoms with Gasteiger partial charge in [0.25, 0.3) is 5.69 Å². The zero-order valence-electron chi connectivity index (χ0n) is 15.4. The highest BCUT2D eigenvalue weighted by Crippen LogP contribution is 2.41. The van der Waals surface area contributed by atoms with E-state index in [-0.39, 0.29) is 23.6 Å². The fourth-order valence-corrected chi connectivity index (χ4v) is 3.95. The fourth-order valence-electron chi connectivity index (χ4n) is 3.95. The number of carbonyl (C=O) groups excluding carboxylic acids is 1. The van der Waals surface area contributed by atoms with E-state index in [4.69, 9.17) is 0 Å². The van der Waals surface area contributed by atoms with Crippen molar-refractivity contribution in [3.05, 3.63) is 69.8 Å². The average Bonchev–Trinajstić information content (AvgIpc) is 3.07. The Balaban J connectivity index is 1.97. The molecule has 1 saturated heterocycles. The molecule has 2 aromatic rings. The van der Waals surface area contributed by atoms with Gasteiger partial charge in [0, 0.05) is 35.9 Å². The molecule has 6 nitrogen and oxygen atoms in total. The molecular weight excluding hydrogens is 344 g/mol. The minimum atomic E-state index is -0.415. The van der Waals surface area contributed by atoms with Crippen molar-refractivity contribution in [2.45, 2.75) is 38.1 Å². The summed E-state index contributed by atoms with van der Waals surface area (Å²) in [5, 5.41) is 20.9. The van der Waals surface area contributed by atoms with Crippen LogP contribution in [0.1, 0.15) is 48.5 Å². The molecule has 0 saturated carbocycles. The molecule has 0 aliphatic carbocycles. The molecule has 0 radical (unpaired) electrons. The first-order chi connectivity index (χ1) is 13.0. The molecule has 0 bridgehead atoms. The number of benzene rings is 2. The van der Waals surface area contributed by atoms with Crippen LogP contribution in [0.3, 0.4) is 0 Å². The van der Waals surface area contributed by atoms with E-state index >= 15 is 0 Å². The number of hydrogen-bond acceptors (Lipinski definition) is 5. The highest BCUT2D eigenvalue weighted by Gasteiger charge is 2.39. The first-order valence-corrected chi connectivity index (χ1v) is 9.23. The summed E-state index contributed by atoms with van der Waals surface area (Å²) < 4.78 is 0. The van der Waals surface area contributed by atoms with E-state index in [0.29, 0.717) is 23.2 Å². The van der Waals surface area contributed by atoms with E-state index in [9.17, 15) is 20.0 Å². The van der Waals surface area contributed by atoms with Crippen LogP contribution < -0.4 is 4.90 Å². The monoisotopic (exact) mass is 368 g/mol. The minimum absolute atomic E-state index is 0.0473. The Bertz CT molecular complexity index is 837. The Morgan fingerprint density at radius 3 is 2.63 bits per heavy atom. The lowest BCUT2D eigenvalue weighted by atomic mass is 9.92. The van der Waals surface area contributed by atoms with Crippen LogP contribution in [0.25, 0.3) is 0 Å². The van der Waals surface area contributed by atoms with Crippen LogP contribution in [0.4, 0.5) is 11.4 Å². The standard InChI is InChI=1S/C21H24N2O4/c1-21(12-6-14-24)11-5-13-22(21)18-10-9-17(15-19(18)23(26)27)20(25)16-7-3-2-4-8-16/h2-4,7-10,15,24H,5-6,11-14H2,1H3/t21-/m1/s1. The van der Waals surface area contributed by atoms with Gasteiger partial charge in [0.05, 0.1) is 4.92 Å². The van der Waals surface area contributed by atoms with Crippen molar-refractivity contribution in [2.24, 2.45) is 0 Å². The van der Waals surface area contributed by atoms with Gasteiger partial charge in [-0.15, -0.1) is 0 Å². The third-order valence-corrected chi connectivity index (χ3v) is 5.38. The van der Waals surface area contributed by atoms with Crippen LogP contribution in [0, 0.1) is 10.1 Å². The second kappa shape index (κ2) is 7.88. The maximum Gasteiger partial charge on any atom is 0.293 e. The normalized spacial score (nSPS) is 19.3.